The molecule has 1 fully saturated rings. The van der Waals surface area contributed by atoms with Crippen LogP contribution in [0.1, 0.15) is 32.1 Å². The number of likely N-dealkylation sites (tertiary alicyclic amines) is 1. The molecule has 1 atom stereocenters. The minimum Gasteiger partial charge on any atom is -0.306 e. The van der Waals surface area contributed by atoms with Gasteiger partial charge in [-0.05, 0) is 45.2 Å². The molecule has 1 saturated heterocycles. The van der Waals surface area contributed by atoms with Crippen molar-refractivity contribution in [2.24, 2.45) is 5.92 Å². The second-order valence-corrected chi connectivity index (χ2v) is 3.99. The third-order valence-electron chi connectivity index (χ3n) is 2.75. The molecule has 0 amide bonds. The molecule has 12 heavy (non-hydrogen) atoms. The maximum absolute atomic E-state index is 3.77. The van der Waals surface area contributed by atoms with Gasteiger partial charge in [0.25, 0.3) is 0 Å². The molecule has 0 spiro atoms. The molecule has 0 radical (unpaired) electrons. The van der Waals surface area contributed by atoms with Crippen molar-refractivity contribution in [1.82, 2.24) is 4.90 Å². The molecule has 0 N–H and O–H groups in total. The van der Waals surface area contributed by atoms with E-state index in [4.69, 9.17) is 0 Å². The van der Waals surface area contributed by atoms with Crippen molar-refractivity contribution in [3.8, 4) is 0 Å². The summed E-state index contributed by atoms with van der Waals surface area (Å²) in [7, 11) is 2.24. The van der Waals surface area contributed by atoms with Gasteiger partial charge in [-0.25, -0.2) is 0 Å². The fourth-order valence-electron chi connectivity index (χ4n) is 2.03. The van der Waals surface area contributed by atoms with Gasteiger partial charge < -0.3 is 4.90 Å². The van der Waals surface area contributed by atoms with Crippen LogP contribution in [0.15, 0.2) is 12.7 Å². The van der Waals surface area contributed by atoms with Gasteiger partial charge in [-0.15, -0.1) is 6.58 Å². The van der Waals surface area contributed by atoms with Crippen LogP contribution in [0.4, 0.5) is 0 Å². The van der Waals surface area contributed by atoms with E-state index in [0.29, 0.717) is 0 Å². The quantitative estimate of drug-likeness (QED) is 0.584. The monoisotopic (exact) mass is 167 g/mol. The van der Waals surface area contributed by atoms with Crippen molar-refractivity contribution in [3.05, 3.63) is 12.7 Å². The van der Waals surface area contributed by atoms with Crippen LogP contribution in [0.3, 0.4) is 0 Å². The summed E-state index contributed by atoms with van der Waals surface area (Å²) in [6.07, 6.45) is 8.82. The van der Waals surface area contributed by atoms with Crippen LogP contribution in [-0.4, -0.2) is 25.0 Å². The molecule has 0 aromatic heterocycles. The molecule has 0 aromatic carbocycles. The van der Waals surface area contributed by atoms with Crippen LogP contribution >= 0.6 is 0 Å². The van der Waals surface area contributed by atoms with E-state index in [1.54, 1.807) is 0 Å². The van der Waals surface area contributed by atoms with Gasteiger partial charge in [-0.1, -0.05) is 12.5 Å². The second kappa shape index (κ2) is 5.36. The van der Waals surface area contributed by atoms with Gasteiger partial charge in [-0.3, -0.25) is 0 Å². The molecule has 0 aliphatic carbocycles. The van der Waals surface area contributed by atoms with E-state index < -0.39 is 0 Å². The van der Waals surface area contributed by atoms with E-state index >= 15 is 0 Å². The van der Waals surface area contributed by atoms with Crippen LogP contribution in [0.5, 0.6) is 0 Å². The summed E-state index contributed by atoms with van der Waals surface area (Å²) in [6.45, 7) is 6.37. The zero-order chi connectivity index (χ0) is 8.81. The topological polar surface area (TPSA) is 3.24 Å². The number of allylic oxidation sites excluding steroid dienone is 1. The summed E-state index contributed by atoms with van der Waals surface area (Å²) in [5, 5.41) is 0. The third kappa shape index (κ3) is 3.40. The van der Waals surface area contributed by atoms with Crippen molar-refractivity contribution in [3.63, 3.8) is 0 Å². The summed E-state index contributed by atoms with van der Waals surface area (Å²) >= 11 is 0. The summed E-state index contributed by atoms with van der Waals surface area (Å²) in [6, 6.07) is 0. The van der Waals surface area contributed by atoms with Crippen molar-refractivity contribution in [1.29, 1.82) is 0 Å². The lowest BCUT2D eigenvalue weighted by Gasteiger charge is -2.18. The van der Waals surface area contributed by atoms with Crippen LogP contribution < -0.4 is 0 Å². The van der Waals surface area contributed by atoms with Crippen molar-refractivity contribution >= 4 is 0 Å². The molecular weight excluding hydrogens is 146 g/mol. The van der Waals surface area contributed by atoms with Gasteiger partial charge in [0.2, 0.25) is 0 Å². The minimum atomic E-state index is 0.926. The highest BCUT2D eigenvalue weighted by molar-refractivity contribution is 4.73. The number of hydrogen-bond acceptors (Lipinski definition) is 1. The average molecular weight is 167 g/mol. The lowest BCUT2D eigenvalue weighted by Crippen LogP contribution is -2.23. The Bertz CT molecular complexity index is 131. The fourth-order valence-corrected chi connectivity index (χ4v) is 2.03. The highest BCUT2D eigenvalue weighted by Crippen LogP contribution is 2.19. The number of rotatable bonds is 3. The Kier molecular flexibility index (Phi) is 4.37. The molecule has 1 rings (SSSR count). The predicted octanol–water partition coefficient (Wildman–Crippen LogP) is 2.68. The Morgan fingerprint density at radius 1 is 1.50 bits per heavy atom. The fraction of sp³-hybridized carbons (Fsp3) is 0.818. The van der Waals surface area contributed by atoms with Crippen molar-refractivity contribution in [2.45, 2.75) is 32.1 Å². The van der Waals surface area contributed by atoms with Gasteiger partial charge in [0.15, 0.2) is 0 Å². The summed E-state index contributed by atoms with van der Waals surface area (Å²) in [5.74, 6) is 0.926. The second-order valence-electron chi connectivity index (χ2n) is 3.99. The Morgan fingerprint density at radius 3 is 3.08 bits per heavy atom. The maximum Gasteiger partial charge on any atom is 0.000672 e. The Hall–Kier alpha value is -0.300. The van der Waals surface area contributed by atoms with Crippen molar-refractivity contribution < 1.29 is 0 Å². The van der Waals surface area contributed by atoms with Crippen molar-refractivity contribution in [2.75, 3.05) is 20.1 Å². The zero-order valence-corrected chi connectivity index (χ0v) is 8.26. The van der Waals surface area contributed by atoms with Gasteiger partial charge in [0, 0.05) is 6.54 Å². The SMILES string of the molecule is C=CCCC1CCCCN(C)C1. The van der Waals surface area contributed by atoms with E-state index in [0.717, 1.165) is 5.92 Å². The van der Waals surface area contributed by atoms with Gasteiger partial charge in [-0.2, -0.15) is 0 Å². The predicted molar refractivity (Wildman–Crippen MR) is 54.3 cm³/mol. The average Bonchev–Trinajstić information content (AvgIpc) is 2.26. The first-order valence-electron chi connectivity index (χ1n) is 5.12. The zero-order valence-electron chi connectivity index (χ0n) is 8.26. The normalized spacial score (nSPS) is 26.6. The van der Waals surface area contributed by atoms with Crippen LogP contribution in [0.2, 0.25) is 0 Å². The lowest BCUT2D eigenvalue weighted by molar-refractivity contribution is 0.291. The Morgan fingerprint density at radius 2 is 2.33 bits per heavy atom. The molecular formula is C11H21N. The van der Waals surface area contributed by atoms with E-state index in [1.807, 2.05) is 6.08 Å². The van der Waals surface area contributed by atoms with Crippen LogP contribution in [0, 0.1) is 5.92 Å². The van der Waals surface area contributed by atoms with E-state index in [2.05, 4.69) is 18.5 Å². The molecule has 1 heteroatoms. The maximum atomic E-state index is 3.77. The largest absolute Gasteiger partial charge is 0.306 e. The first kappa shape index (κ1) is 9.79. The van der Waals surface area contributed by atoms with E-state index in [1.165, 1.54) is 45.2 Å². The molecule has 0 aromatic rings. The Balaban J connectivity index is 2.25. The molecule has 0 saturated carbocycles. The van der Waals surface area contributed by atoms with Crippen LogP contribution in [-0.2, 0) is 0 Å². The first-order chi connectivity index (χ1) is 5.83. The van der Waals surface area contributed by atoms with E-state index in [9.17, 15) is 0 Å². The summed E-state index contributed by atoms with van der Waals surface area (Å²) in [4.78, 5) is 2.47. The van der Waals surface area contributed by atoms with Crippen LogP contribution in [0.25, 0.3) is 0 Å². The number of hydrogen-bond donors (Lipinski definition) is 0. The third-order valence-corrected chi connectivity index (χ3v) is 2.75. The molecule has 0 bridgehead atoms. The molecule has 1 heterocycles. The molecule has 70 valence electrons. The minimum absolute atomic E-state index is 0.926. The molecule has 1 nitrogen and oxygen atoms in total. The molecule has 1 aliphatic rings. The Labute approximate surface area is 76.5 Å². The summed E-state index contributed by atoms with van der Waals surface area (Å²) < 4.78 is 0. The molecule has 1 aliphatic heterocycles. The first-order valence-corrected chi connectivity index (χ1v) is 5.12. The lowest BCUT2D eigenvalue weighted by atomic mass is 9.98. The van der Waals surface area contributed by atoms with Gasteiger partial charge in [0.1, 0.15) is 0 Å². The highest BCUT2D eigenvalue weighted by Gasteiger charge is 2.14. The standard InChI is InChI=1S/C11H21N/c1-3-4-7-11-8-5-6-9-12(2)10-11/h3,11H,1,4-10H2,2H3. The van der Waals surface area contributed by atoms with Gasteiger partial charge >= 0.3 is 0 Å². The smallest absolute Gasteiger partial charge is 0.000672 e. The number of nitrogens with zero attached hydrogens (tertiary/aromatic N) is 1. The van der Waals surface area contributed by atoms with Gasteiger partial charge in [0.05, 0.1) is 0 Å². The van der Waals surface area contributed by atoms with E-state index in [-0.39, 0.29) is 0 Å². The molecule has 1 unspecified atom stereocenters. The highest BCUT2D eigenvalue weighted by atomic mass is 15.1. The summed E-state index contributed by atoms with van der Waals surface area (Å²) in [5.41, 5.74) is 0.